The molecule has 0 heterocycles. The summed E-state index contributed by atoms with van der Waals surface area (Å²) in [6.45, 7) is 4.97. The summed E-state index contributed by atoms with van der Waals surface area (Å²) in [5, 5.41) is 16.2. The second kappa shape index (κ2) is 2.16. The number of rotatable bonds is 1. The van der Waals surface area contributed by atoms with Gasteiger partial charge in [0.25, 0.3) is 0 Å². The quantitative estimate of drug-likeness (QED) is 0.435. The number of aliphatic hydroxyl groups is 2. The van der Waals surface area contributed by atoms with E-state index in [0.29, 0.717) is 0 Å². The van der Waals surface area contributed by atoms with Crippen LogP contribution in [-0.4, -0.2) is 16.5 Å². The van der Waals surface area contributed by atoms with Crippen molar-refractivity contribution in [2.24, 2.45) is 5.92 Å². The van der Waals surface area contributed by atoms with Crippen LogP contribution in [0, 0.1) is 12.8 Å². The Morgan fingerprint density at radius 2 is 1.67 bits per heavy atom. The summed E-state index contributed by atoms with van der Waals surface area (Å²) in [5.74, 6) is -0.287. The third-order valence-corrected chi connectivity index (χ3v) is 0.509. The summed E-state index contributed by atoms with van der Waals surface area (Å²) in [7, 11) is 0. The predicted molar refractivity (Wildman–Crippen MR) is 22.7 cm³/mol. The third kappa shape index (κ3) is 2.18. The van der Waals surface area contributed by atoms with Crippen LogP contribution >= 0.6 is 0 Å². The minimum Gasteiger partial charge on any atom is -0.368 e. The first-order chi connectivity index (χ1) is 2.64. The molecule has 0 saturated carbocycles. The van der Waals surface area contributed by atoms with Crippen LogP contribution in [0.3, 0.4) is 0 Å². The molecular formula is C4H9O2. The van der Waals surface area contributed by atoms with Crippen molar-refractivity contribution in [2.75, 3.05) is 0 Å². The number of aliphatic hydroxyl groups excluding tert-OH is 1. The summed E-state index contributed by atoms with van der Waals surface area (Å²) in [5.41, 5.74) is 0. The van der Waals surface area contributed by atoms with Crippen molar-refractivity contribution in [3.63, 3.8) is 0 Å². The van der Waals surface area contributed by atoms with Gasteiger partial charge < -0.3 is 10.2 Å². The molecule has 0 aromatic heterocycles. The van der Waals surface area contributed by atoms with Crippen molar-refractivity contribution in [2.45, 2.75) is 13.2 Å². The van der Waals surface area contributed by atoms with Gasteiger partial charge in [0, 0.05) is 5.92 Å². The van der Waals surface area contributed by atoms with E-state index in [9.17, 15) is 0 Å². The highest BCUT2D eigenvalue weighted by molar-refractivity contribution is 4.52. The Kier molecular flexibility index (Phi) is 2.13. The molecule has 0 aliphatic heterocycles. The van der Waals surface area contributed by atoms with Gasteiger partial charge in [-0.15, -0.1) is 0 Å². The van der Waals surface area contributed by atoms with Crippen LogP contribution in [-0.2, 0) is 0 Å². The molecule has 0 aliphatic rings. The van der Waals surface area contributed by atoms with E-state index in [0.717, 1.165) is 0 Å². The first-order valence-electron chi connectivity index (χ1n) is 1.84. The lowest BCUT2D eigenvalue weighted by Crippen LogP contribution is -2.12. The normalized spacial score (nSPS) is 11.0. The van der Waals surface area contributed by atoms with Gasteiger partial charge >= 0.3 is 0 Å². The van der Waals surface area contributed by atoms with Gasteiger partial charge in [-0.25, -0.2) is 0 Å². The molecule has 0 aliphatic carbocycles. The smallest absolute Gasteiger partial charge is 0.154 e. The molecule has 2 heteroatoms. The van der Waals surface area contributed by atoms with E-state index < -0.39 is 6.29 Å². The fourth-order valence-corrected chi connectivity index (χ4v) is 0. The molecule has 1 radical (unpaired) electrons. The molecule has 6 heavy (non-hydrogen) atoms. The van der Waals surface area contributed by atoms with Crippen molar-refractivity contribution in [3.05, 3.63) is 6.92 Å². The third-order valence-electron chi connectivity index (χ3n) is 0.509. The van der Waals surface area contributed by atoms with Gasteiger partial charge in [-0.05, 0) is 6.92 Å². The average Bonchev–Trinajstić information content (AvgIpc) is 1.36. The summed E-state index contributed by atoms with van der Waals surface area (Å²) in [6, 6.07) is 0. The van der Waals surface area contributed by atoms with E-state index in [4.69, 9.17) is 10.2 Å². The maximum absolute atomic E-state index is 8.12. The Balaban J connectivity index is 2.99. The van der Waals surface area contributed by atoms with Crippen LogP contribution in [0.25, 0.3) is 0 Å². The molecule has 0 rings (SSSR count). The van der Waals surface area contributed by atoms with Crippen molar-refractivity contribution in [3.8, 4) is 0 Å². The Hall–Kier alpha value is -0.0800. The molecule has 0 aromatic rings. The standard InChI is InChI=1S/C4H9O2/c1-3(2)4(5)6/h3-6H,1H2,2H3/t3-/m1/s1. The van der Waals surface area contributed by atoms with E-state index >= 15 is 0 Å². The SMILES string of the molecule is [CH2][C@H](C)C(O)O. The fraction of sp³-hybridized carbons (Fsp3) is 0.750. The van der Waals surface area contributed by atoms with Gasteiger partial charge in [-0.1, -0.05) is 6.92 Å². The second-order valence-electron chi connectivity index (χ2n) is 1.39. The zero-order valence-corrected chi connectivity index (χ0v) is 3.76. The van der Waals surface area contributed by atoms with Crippen LogP contribution in [0.4, 0.5) is 0 Å². The van der Waals surface area contributed by atoms with Crippen LogP contribution in [0.2, 0.25) is 0 Å². The van der Waals surface area contributed by atoms with E-state index in [1.165, 1.54) is 0 Å². The molecule has 0 amide bonds. The van der Waals surface area contributed by atoms with Crippen molar-refractivity contribution < 1.29 is 10.2 Å². The highest BCUT2D eigenvalue weighted by Crippen LogP contribution is 1.92. The zero-order chi connectivity index (χ0) is 5.15. The Morgan fingerprint density at radius 1 is 1.50 bits per heavy atom. The second-order valence-corrected chi connectivity index (χ2v) is 1.39. The highest BCUT2D eigenvalue weighted by atomic mass is 16.5. The zero-order valence-electron chi connectivity index (χ0n) is 3.76. The molecule has 0 fully saturated rings. The van der Waals surface area contributed by atoms with Gasteiger partial charge in [-0.2, -0.15) is 0 Å². The first-order valence-corrected chi connectivity index (χ1v) is 1.84. The van der Waals surface area contributed by atoms with Crippen LogP contribution < -0.4 is 0 Å². The lowest BCUT2D eigenvalue weighted by atomic mass is 10.2. The van der Waals surface area contributed by atoms with Gasteiger partial charge in [-0.3, -0.25) is 0 Å². The van der Waals surface area contributed by atoms with Crippen LogP contribution in [0.15, 0.2) is 0 Å². The largest absolute Gasteiger partial charge is 0.368 e. The summed E-state index contributed by atoms with van der Waals surface area (Å²) >= 11 is 0. The molecule has 0 spiro atoms. The summed E-state index contributed by atoms with van der Waals surface area (Å²) < 4.78 is 0. The number of hydrogen-bond donors (Lipinski definition) is 2. The molecule has 2 nitrogen and oxygen atoms in total. The van der Waals surface area contributed by atoms with Gasteiger partial charge in [0.15, 0.2) is 6.29 Å². The lowest BCUT2D eigenvalue weighted by molar-refractivity contribution is -0.0660. The molecular weight excluding hydrogens is 80.0 g/mol. The van der Waals surface area contributed by atoms with E-state index in [1.807, 2.05) is 0 Å². The topological polar surface area (TPSA) is 40.5 Å². The lowest BCUT2D eigenvalue weighted by Gasteiger charge is -2.03. The van der Waals surface area contributed by atoms with Crippen molar-refractivity contribution in [1.82, 2.24) is 0 Å². The molecule has 0 aromatic carbocycles. The molecule has 2 N–H and O–H groups in total. The average molecular weight is 89.1 g/mol. The molecule has 0 saturated heterocycles. The van der Waals surface area contributed by atoms with Gasteiger partial charge in [0.1, 0.15) is 0 Å². The molecule has 1 atom stereocenters. The monoisotopic (exact) mass is 89.1 g/mol. The Bertz CT molecular complexity index is 26.5. The summed E-state index contributed by atoms with van der Waals surface area (Å²) in [6.07, 6.45) is -1.26. The molecule has 0 unspecified atom stereocenters. The minimum atomic E-state index is -1.26. The maximum Gasteiger partial charge on any atom is 0.154 e. The van der Waals surface area contributed by atoms with Crippen molar-refractivity contribution in [1.29, 1.82) is 0 Å². The summed E-state index contributed by atoms with van der Waals surface area (Å²) in [4.78, 5) is 0. The van der Waals surface area contributed by atoms with E-state index in [2.05, 4.69) is 6.92 Å². The Morgan fingerprint density at radius 3 is 1.67 bits per heavy atom. The predicted octanol–water partition coefficient (Wildman–Crippen LogP) is -0.233. The molecule has 37 valence electrons. The van der Waals surface area contributed by atoms with Gasteiger partial charge in [0.2, 0.25) is 0 Å². The van der Waals surface area contributed by atoms with Crippen LogP contribution in [0.5, 0.6) is 0 Å². The van der Waals surface area contributed by atoms with E-state index in [-0.39, 0.29) is 5.92 Å². The first kappa shape index (κ1) is 5.92. The van der Waals surface area contributed by atoms with Crippen LogP contribution in [0.1, 0.15) is 6.92 Å². The van der Waals surface area contributed by atoms with Crippen molar-refractivity contribution >= 4 is 0 Å². The van der Waals surface area contributed by atoms with Gasteiger partial charge in [0.05, 0.1) is 0 Å². The molecule has 0 bridgehead atoms. The minimum absolute atomic E-state index is 0.287. The van der Waals surface area contributed by atoms with E-state index in [1.54, 1.807) is 6.92 Å². The fourth-order valence-electron chi connectivity index (χ4n) is 0. The maximum atomic E-state index is 8.12. The number of hydrogen-bond acceptors (Lipinski definition) is 2. The highest BCUT2D eigenvalue weighted by Gasteiger charge is 2.00. The Labute approximate surface area is 37.4 Å².